The van der Waals surface area contributed by atoms with Crippen molar-refractivity contribution in [2.75, 3.05) is 0 Å². The number of benzene rings is 1. The summed E-state index contributed by atoms with van der Waals surface area (Å²) in [5.41, 5.74) is -2.92. The molecule has 0 aliphatic heterocycles. The van der Waals surface area contributed by atoms with Gasteiger partial charge in [-0.1, -0.05) is 6.07 Å². The first kappa shape index (κ1) is 13.9. The Kier molecular flexibility index (Phi) is 3.39. The van der Waals surface area contributed by atoms with Crippen LogP contribution in [0.15, 0.2) is 30.3 Å². The fraction of sp³-hybridized carbons (Fsp3) is 0.0833. The molecule has 0 saturated heterocycles. The molecule has 0 saturated carbocycles. The van der Waals surface area contributed by atoms with Crippen molar-refractivity contribution in [1.82, 2.24) is 4.98 Å². The van der Waals surface area contributed by atoms with Crippen molar-refractivity contribution in [1.29, 1.82) is 0 Å². The molecule has 8 heteroatoms. The summed E-state index contributed by atoms with van der Waals surface area (Å²) in [5.74, 6) is -1.25. The number of alkyl halides is 3. The topological polar surface area (TPSA) is 56.0 Å². The van der Waals surface area contributed by atoms with Crippen molar-refractivity contribution in [3.8, 4) is 11.3 Å². The van der Waals surface area contributed by atoms with Crippen LogP contribution in [0.4, 0.5) is 23.2 Å². The molecule has 2 rings (SSSR count). The number of hydrogen-bond donors (Lipinski definition) is 0. The van der Waals surface area contributed by atoms with Crippen LogP contribution in [0.25, 0.3) is 11.3 Å². The maximum Gasteiger partial charge on any atom is 0.433 e. The molecule has 1 aromatic heterocycles. The summed E-state index contributed by atoms with van der Waals surface area (Å²) in [7, 11) is 0. The van der Waals surface area contributed by atoms with E-state index >= 15 is 0 Å². The summed E-state index contributed by atoms with van der Waals surface area (Å²) in [6, 6.07) is 7.11. The first-order valence-electron chi connectivity index (χ1n) is 5.20. The molecule has 0 bridgehead atoms. The van der Waals surface area contributed by atoms with E-state index in [1.165, 1.54) is 0 Å². The average molecular weight is 285 g/mol. The van der Waals surface area contributed by atoms with E-state index in [0.29, 0.717) is 6.07 Å². The summed E-state index contributed by atoms with van der Waals surface area (Å²) < 4.78 is 51.4. The number of nitro benzene ring substituents is 1. The Morgan fingerprint density at radius 3 is 2.55 bits per heavy atom. The van der Waals surface area contributed by atoms with Gasteiger partial charge in [-0.25, -0.2) is 4.98 Å². The molecule has 1 heterocycles. The lowest BCUT2D eigenvalue weighted by Gasteiger charge is -2.08. The lowest BCUT2D eigenvalue weighted by molar-refractivity contribution is -0.387. The Labute approximate surface area is 109 Å². The van der Waals surface area contributed by atoms with E-state index in [2.05, 4.69) is 11.1 Å². The van der Waals surface area contributed by atoms with Gasteiger partial charge < -0.3 is 0 Å². The molecule has 1 aromatic carbocycles. The summed E-state index contributed by atoms with van der Waals surface area (Å²) in [5, 5.41) is 10.6. The molecule has 2 aromatic rings. The number of pyridine rings is 1. The summed E-state index contributed by atoms with van der Waals surface area (Å²) >= 11 is 0. The van der Waals surface area contributed by atoms with Crippen molar-refractivity contribution in [2.45, 2.75) is 6.18 Å². The van der Waals surface area contributed by atoms with Crippen molar-refractivity contribution >= 4 is 5.69 Å². The van der Waals surface area contributed by atoms with E-state index in [1.807, 2.05) is 0 Å². The van der Waals surface area contributed by atoms with Crippen LogP contribution >= 0.6 is 0 Å². The molecule has 0 spiro atoms. The van der Waals surface area contributed by atoms with Crippen LogP contribution in [0.5, 0.6) is 0 Å². The lowest BCUT2D eigenvalue weighted by Crippen LogP contribution is -2.08. The predicted octanol–water partition coefficient (Wildman–Crippen LogP) is 3.61. The Balaban J connectivity index is 2.58. The molecule has 1 radical (unpaired) electrons. The SMILES string of the molecule is O=[N+]([O-])c1cccc(-c2[c]ccc(C(F)(F)F)n2)c1F. The summed E-state index contributed by atoms with van der Waals surface area (Å²) in [6.45, 7) is 0. The van der Waals surface area contributed by atoms with E-state index in [1.54, 1.807) is 0 Å². The monoisotopic (exact) mass is 285 g/mol. The molecule has 4 nitrogen and oxygen atoms in total. The zero-order valence-corrected chi connectivity index (χ0v) is 9.61. The standard InChI is InChI=1S/C12H5F4N2O2/c13-11-7(3-1-5-9(11)18(19)20)8-4-2-6-10(17-8)12(14,15)16/h1-3,5-6H. The van der Waals surface area contributed by atoms with Gasteiger partial charge in [0, 0.05) is 17.7 Å². The third-order valence-electron chi connectivity index (χ3n) is 2.41. The highest BCUT2D eigenvalue weighted by molar-refractivity contribution is 5.63. The molecule has 0 amide bonds. The number of rotatable bonds is 2. The molecule has 0 aliphatic carbocycles. The smallest absolute Gasteiger partial charge is 0.258 e. The van der Waals surface area contributed by atoms with E-state index in [4.69, 9.17) is 0 Å². The van der Waals surface area contributed by atoms with Gasteiger partial charge in [0.2, 0.25) is 5.82 Å². The van der Waals surface area contributed by atoms with E-state index < -0.39 is 39.6 Å². The molecule has 103 valence electrons. The van der Waals surface area contributed by atoms with Crippen LogP contribution in [0.3, 0.4) is 0 Å². The normalized spacial score (nSPS) is 11.4. The molecular formula is C12H5F4N2O2. The van der Waals surface area contributed by atoms with Gasteiger partial charge in [0.15, 0.2) is 0 Å². The third-order valence-corrected chi connectivity index (χ3v) is 2.41. The number of nitro groups is 1. The van der Waals surface area contributed by atoms with Gasteiger partial charge in [0.25, 0.3) is 0 Å². The maximum atomic E-state index is 13.9. The highest BCUT2D eigenvalue weighted by Gasteiger charge is 2.33. The summed E-state index contributed by atoms with van der Waals surface area (Å²) in [4.78, 5) is 12.9. The molecule has 0 fully saturated rings. The highest BCUT2D eigenvalue weighted by atomic mass is 19.4. The Morgan fingerprint density at radius 1 is 1.25 bits per heavy atom. The second-order valence-electron chi connectivity index (χ2n) is 3.72. The fourth-order valence-corrected chi connectivity index (χ4v) is 1.53. The van der Waals surface area contributed by atoms with Crippen molar-refractivity contribution < 1.29 is 22.5 Å². The number of aromatic nitrogens is 1. The van der Waals surface area contributed by atoms with Gasteiger partial charge in [-0.15, -0.1) is 0 Å². The van der Waals surface area contributed by atoms with Crippen LogP contribution in [0, 0.1) is 22.0 Å². The molecule has 0 N–H and O–H groups in total. The van der Waals surface area contributed by atoms with Crippen molar-refractivity contribution in [3.63, 3.8) is 0 Å². The lowest BCUT2D eigenvalue weighted by atomic mass is 10.1. The Hall–Kier alpha value is -2.51. The van der Waals surface area contributed by atoms with Crippen molar-refractivity contribution in [3.05, 3.63) is 58.0 Å². The second-order valence-corrected chi connectivity index (χ2v) is 3.72. The molecular weight excluding hydrogens is 280 g/mol. The number of halogens is 4. The minimum Gasteiger partial charge on any atom is -0.258 e. The van der Waals surface area contributed by atoms with E-state index in [0.717, 1.165) is 24.3 Å². The Morgan fingerprint density at radius 2 is 1.95 bits per heavy atom. The zero-order valence-electron chi connectivity index (χ0n) is 9.61. The number of hydrogen-bond acceptors (Lipinski definition) is 3. The second kappa shape index (κ2) is 4.87. The largest absolute Gasteiger partial charge is 0.433 e. The van der Waals surface area contributed by atoms with Gasteiger partial charge in [-0.2, -0.15) is 17.6 Å². The van der Waals surface area contributed by atoms with Crippen LogP contribution in [0.1, 0.15) is 5.69 Å². The van der Waals surface area contributed by atoms with Crippen LogP contribution in [0.2, 0.25) is 0 Å². The van der Waals surface area contributed by atoms with Gasteiger partial charge in [0.05, 0.1) is 10.6 Å². The van der Waals surface area contributed by atoms with E-state index in [-0.39, 0.29) is 0 Å². The maximum absolute atomic E-state index is 13.9. The van der Waals surface area contributed by atoms with Crippen molar-refractivity contribution in [2.24, 2.45) is 0 Å². The van der Waals surface area contributed by atoms with Gasteiger partial charge in [-0.05, 0) is 18.2 Å². The van der Waals surface area contributed by atoms with Gasteiger partial charge in [-0.3, -0.25) is 10.1 Å². The number of nitrogens with zero attached hydrogens (tertiary/aromatic N) is 2. The minimum atomic E-state index is -4.69. The highest BCUT2D eigenvalue weighted by Crippen LogP contribution is 2.31. The van der Waals surface area contributed by atoms with Crippen LogP contribution in [-0.4, -0.2) is 9.91 Å². The zero-order chi connectivity index (χ0) is 14.9. The first-order chi connectivity index (χ1) is 9.30. The van der Waals surface area contributed by atoms with Crippen LogP contribution < -0.4 is 0 Å². The first-order valence-corrected chi connectivity index (χ1v) is 5.20. The van der Waals surface area contributed by atoms with Gasteiger partial charge >= 0.3 is 11.9 Å². The average Bonchev–Trinajstić information content (AvgIpc) is 2.38. The fourth-order valence-electron chi connectivity index (χ4n) is 1.53. The minimum absolute atomic E-state index is 0.412. The summed E-state index contributed by atoms with van der Waals surface area (Å²) in [6.07, 6.45) is -4.69. The molecule has 0 atom stereocenters. The Bertz CT molecular complexity index is 671. The van der Waals surface area contributed by atoms with E-state index in [9.17, 15) is 27.7 Å². The molecule has 20 heavy (non-hydrogen) atoms. The predicted molar refractivity (Wildman–Crippen MR) is 60.1 cm³/mol. The molecule has 0 unspecified atom stereocenters. The third kappa shape index (κ3) is 2.58. The quantitative estimate of drug-likeness (QED) is 0.481. The van der Waals surface area contributed by atoms with Gasteiger partial charge in [0.1, 0.15) is 5.69 Å². The molecule has 0 aliphatic rings. The van der Waals surface area contributed by atoms with Crippen LogP contribution in [-0.2, 0) is 6.18 Å².